The molecule has 0 aliphatic heterocycles. The molecule has 0 saturated carbocycles. The van der Waals surface area contributed by atoms with E-state index < -0.39 is 0 Å². The van der Waals surface area contributed by atoms with E-state index in [-0.39, 0.29) is 46.8 Å². The Bertz CT molecular complexity index is 2210. The maximum atomic E-state index is 7.57. The number of rotatable bonds is 6. The minimum absolute atomic E-state index is 0. The Morgan fingerprint density at radius 2 is 0.836 bits per heavy atom. The van der Waals surface area contributed by atoms with Crippen LogP contribution in [-0.2, 0) is 40.2 Å². The molecule has 0 aliphatic rings. The maximum absolute atomic E-state index is 7.57. The first-order valence-electron chi connectivity index (χ1n) is 19.1. The van der Waals surface area contributed by atoms with Gasteiger partial charge < -0.3 is 25.4 Å². The molecule has 0 bridgehead atoms. The summed E-state index contributed by atoms with van der Waals surface area (Å²) in [5.74, 6) is 2.18. The molecule has 67 heavy (non-hydrogen) atoms. The first-order chi connectivity index (χ1) is 32.2. The molecule has 10 aromatic rings. The van der Waals surface area contributed by atoms with E-state index in [1.165, 1.54) is 22.7 Å². The Morgan fingerprint density at radius 1 is 0.418 bits per heavy atom. The van der Waals surface area contributed by atoms with Crippen LogP contribution in [-0.4, -0.2) is 99.1 Å². The molecule has 20 heteroatoms. The van der Waals surface area contributed by atoms with Crippen LogP contribution in [0.3, 0.4) is 0 Å². The average Bonchev–Trinajstić information content (AvgIpc) is 4.28. The third-order valence-corrected chi connectivity index (χ3v) is 10.5. The number of benzene rings is 2. The molecule has 352 valence electrons. The molecule has 0 amide bonds. The van der Waals surface area contributed by atoms with Crippen LogP contribution in [0.4, 0.5) is 0 Å². The molecule has 4 N–H and O–H groups in total. The molecule has 0 unspecified atom stereocenters. The third-order valence-electron chi connectivity index (χ3n) is 7.17. The Labute approximate surface area is 433 Å². The quantitative estimate of drug-likeness (QED) is 0.115. The van der Waals surface area contributed by atoms with Crippen molar-refractivity contribution in [2.45, 2.75) is 6.92 Å². The topological polar surface area (TPSA) is 210 Å². The van der Waals surface area contributed by atoms with Gasteiger partial charge in [0.05, 0.1) is 15.4 Å². The number of hydrogen-bond donors (Lipinski definition) is 4. The summed E-state index contributed by atoms with van der Waals surface area (Å²) >= 11 is 6.18. The standard InChI is InChI=1S/C11H9N.C11H8N.2C10H5N4S2.C2H6O.3CH4O.2Ir/c2*1-2-6-10(7-3-1)11-8-4-5-9-12-11;2*1-3-7(15-5-1)9-11-13-10(14-12-9)8-4-2-6-16-8;1-2-3;3*1-2;;/h1-9H;1-6,8-9H;2*1-3,5-6H;3H,2H2,1H3;3*2H,1H3;;/q;3*-1;;;;;;. The molecule has 0 aliphatic carbocycles. The monoisotopic (exact) mass is 1330 g/mol. The molecule has 0 spiro atoms. The van der Waals surface area contributed by atoms with Gasteiger partial charge in [0.25, 0.3) is 0 Å². The number of aliphatic hydroxyl groups excluding tert-OH is 4. The fraction of sp³-hybridized carbons (Fsp3) is 0.106. The van der Waals surface area contributed by atoms with Crippen molar-refractivity contribution in [3.8, 4) is 65.3 Å². The number of aliphatic hydroxyl groups is 4. The van der Waals surface area contributed by atoms with Gasteiger partial charge in [-0.2, -0.15) is 44.7 Å². The summed E-state index contributed by atoms with van der Waals surface area (Å²) in [6.45, 7) is 1.93. The normalized spacial score (nSPS) is 9.01. The molecular formula is C47H45Ir2N10O4S4-3. The Kier molecular flexibility index (Phi) is 33.5. The number of nitrogens with zero attached hydrogens (tertiary/aromatic N) is 10. The van der Waals surface area contributed by atoms with Crippen LogP contribution < -0.4 is 0 Å². The molecule has 8 aromatic heterocycles. The van der Waals surface area contributed by atoms with Gasteiger partial charge in [0.15, 0.2) is 0 Å². The zero-order valence-corrected chi connectivity index (χ0v) is 44.4. The van der Waals surface area contributed by atoms with Gasteiger partial charge in [0, 0.05) is 86.1 Å². The van der Waals surface area contributed by atoms with Gasteiger partial charge >= 0.3 is 0 Å². The predicted molar refractivity (Wildman–Crippen MR) is 262 cm³/mol. The van der Waals surface area contributed by atoms with Crippen molar-refractivity contribution in [2.24, 2.45) is 0 Å². The molecule has 0 fully saturated rings. The summed E-state index contributed by atoms with van der Waals surface area (Å²) < 4.78 is 0. The molecule has 0 saturated heterocycles. The van der Waals surface area contributed by atoms with E-state index >= 15 is 0 Å². The predicted octanol–water partition coefficient (Wildman–Crippen LogP) is 9.16. The van der Waals surface area contributed by atoms with Gasteiger partial charge in [-0.3, -0.25) is 4.98 Å². The van der Waals surface area contributed by atoms with Crippen LogP contribution in [0.1, 0.15) is 6.92 Å². The minimum Gasteiger partial charge on any atom is -0.400 e. The second kappa shape index (κ2) is 37.6. The second-order valence-electron chi connectivity index (χ2n) is 11.2. The zero-order chi connectivity index (χ0) is 46.7. The first-order valence-corrected chi connectivity index (χ1v) is 22.7. The summed E-state index contributed by atoms with van der Waals surface area (Å²) in [6.07, 6.45) is 3.60. The summed E-state index contributed by atoms with van der Waals surface area (Å²) in [5, 5.41) is 68.7. The van der Waals surface area contributed by atoms with Crippen LogP contribution in [0.2, 0.25) is 0 Å². The summed E-state index contributed by atoms with van der Waals surface area (Å²) in [5.41, 5.74) is 4.20. The van der Waals surface area contributed by atoms with E-state index in [1.807, 2.05) is 143 Å². The fourth-order valence-electron chi connectivity index (χ4n) is 4.59. The van der Waals surface area contributed by atoms with Crippen LogP contribution >= 0.6 is 45.3 Å². The largest absolute Gasteiger partial charge is 0.400 e. The molecular weight excluding hydrogens is 1280 g/mol. The van der Waals surface area contributed by atoms with Gasteiger partial charge in [0.2, 0.25) is 11.6 Å². The van der Waals surface area contributed by atoms with Gasteiger partial charge in [-0.25, -0.2) is 22.7 Å². The molecule has 14 nitrogen and oxygen atoms in total. The van der Waals surface area contributed by atoms with E-state index in [0.717, 1.165) is 63.4 Å². The maximum Gasteiger partial charge on any atom is 0.211 e. The van der Waals surface area contributed by atoms with Gasteiger partial charge in [-0.15, -0.1) is 89.7 Å². The Morgan fingerprint density at radius 3 is 1.19 bits per heavy atom. The number of thiophene rings is 4. The van der Waals surface area contributed by atoms with Crippen LogP contribution in [0, 0.1) is 18.2 Å². The van der Waals surface area contributed by atoms with Crippen LogP contribution in [0.15, 0.2) is 161 Å². The van der Waals surface area contributed by atoms with E-state index in [4.69, 9.17) is 20.4 Å². The van der Waals surface area contributed by atoms with Gasteiger partial charge in [-0.1, -0.05) is 70.4 Å². The second-order valence-corrected chi connectivity index (χ2v) is 15.0. The van der Waals surface area contributed by atoms with Crippen LogP contribution in [0.25, 0.3) is 65.3 Å². The number of aromatic nitrogens is 10. The van der Waals surface area contributed by atoms with Gasteiger partial charge in [-0.05, 0) is 53.7 Å². The van der Waals surface area contributed by atoms with Crippen molar-refractivity contribution in [3.63, 3.8) is 0 Å². The molecule has 0 atom stereocenters. The molecule has 10 rings (SSSR count). The van der Waals surface area contributed by atoms with Crippen molar-refractivity contribution < 1.29 is 60.6 Å². The summed E-state index contributed by atoms with van der Waals surface area (Å²) in [4.78, 5) is 12.1. The number of hydrogen-bond acceptors (Lipinski definition) is 18. The van der Waals surface area contributed by atoms with Crippen molar-refractivity contribution in [2.75, 3.05) is 27.9 Å². The molecule has 2 radical (unpaired) electrons. The number of pyridine rings is 2. The zero-order valence-electron chi connectivity index (χ0n) is 36.4. The smallest absolute Gasteiger partial charge is 0.211 e. The van der Waals surface area contributed by atoms with Crippen molar-refractivity contribution in [1.82, 2.24) is 50.8 Å². The Balaban J connectivity index is 0.000000421. The van der Waals surface area contributed by atoms with E-state index in [0.29, 0.717) is 23.3 Å². The van der Waals surface area contributed by atoms with Crippen LogP contribution in [0.5, 0.6) is 0 Å². The SMILES string of the molecule is CCO.CO.CO.CO.[Ir].[Ir].[c-]1ccccc1-c1ccccn1.[c-]1ccsc1-c1nnc(-c2cccs2)nn1.[c-]1ccsc1-c1nnc(-c2cccs2)nn1.c1ccc(-c2ccccn2)cc1. The van der Waals surface area contributed by atoms with Gasteiger partial charge in [0.1, 0.15) is 11.6 Å². The van der Waals surface area contributed by atoms with E-state index in [1.54, 1.807) is 35.8 Å². The van der Waals surface area contributed by atoms with E-state index in [9.17, 15) is 0 Å². The van der Waals surface area contributed by atoms with Crippen molar-refractivity contribution in [3.05, 3.63) is 180 Å². The van der Waals surface area contributed by atoms with E-state index in [2.05, 4.69) is 81.1 Å². The first kappa shape index (κ1) is 59.6. The average molecular weight is 1330 g/mol. The molecule has 2 aromatic carbocycles. The molecule has 8 heterocycles. The summed E-state index contributed by atoms with van der Waals surface area (Å²) in [6, 6.07) is 50.4. The fourth-order valence-corrected chi connectivity index (χ4v) is 7.08. The Hall–Kier alpha value is -5.44. The van der Waals surface area contributed by atoms with Crippen molar-refractivity contribution in [1.29, 1.82) is 0 Å². The van der Waals surface area contributed by atoms with Crippen molar-refractivity contribution >= 4 is 45.3 Å². The summed E-state index contributed by atoms with van der Waals surface area (Å²) in [7, 11) is 3.00. The third kappa shape index (κ3) is 21.4. The minimum atomic E-state index is 0.